The van der Waals surface area contributed by atoms with Crippen molar-refractivity contribution >= 4 is 17.7 Å². The molecule has 1 saturated carbocycles. The molecule has 1 heterocycles. The lowest BCUT2D eigenvalue weighted by Crippen LogP contribution is -2.47. The Labute approximate surface area is 124 Å². The molecule has 1 amide bonds. The van der Waals surface area contributed by atoms with E-state index in [1.807, 2.05) is 0 Å². The third-order valence-electron chi connectivity index (χ3n) is 3.27. The van der Waals surface area contributed by atoms with E-state index in [0.717, 1.165) is 24.3 Å². The molecule has 1 fully saturated rings. The maximum Gasteiger partial charge on any atom is 0.251 e. The highest BCUT2D eigenvalue weighted by Gasteiger charge is 2.34. The van der Waals surface area contributed by atoms with Crippen LogP contribution in [0.25, 0.3) is 0 Å². The van der Waals surface area contributed by atoms with E-state index in [-0.39, 0.29) is 10.7 Å². The monoisotopic (exact) mass is 294 g/mol. The molecule has 0 spiro atoms. The highest BCUT2D eigenvalue weighted by molar-refractivity contribution is 8.00. The third kappa shape index (κ3) is 4.21. The first kappa shape index (κ1) is 15.3. The van der Waals surface area contributed by atoms with Gasteiger partial charge in [0, 0.05) is 23.1 Å². The number of aliphatic hydroxyl groups is 1. The summed E-state index contributed by atoms with van der Waals surface area (Å²) in [5.74, 6) is -0.150. The Bertz CT molecular complexity index is 493. The van der Waals surface area contributed by atoms with Crippen molar-refractivity contribution in [2.45, 2.75) is 55.4 Å². The van der Waals surface area contributed by atoms with E-state index in [4.69, 9.17) is 0 Å². The fourth-order valence-corrected chi connectivity index (χ4v) is 2.96. The van der Waals surface area contributed by atoms with Crippen molar-refractivity contribution in [3.05, 3.63) is 23.9 Å². The lowest BCUT2D eigenvalue weighted by molar-refractivity contribution is -0.0300. The summed E-state index contributed by atoms with van der Waals surface area (Å²) in [5.41, 5.74) is -0.0965. The van der Waals surface area contributed by atoms with Crippen LogP contribution in [0.15, 0.2) is 23.4 Å². The molecule has 0 atom stereocenters. The van der Waals surface area contributed by atoms with Crippen molar-refractivity contribution in [2.75, 3.05) is 6.54 Å². The standard InChI is InChI=1S/C15H22N2O2S/c1-14(2,3)20-12-9-11(5-8-16-12)13(18)17-10-15(19)6-4-7-15/h5,8-9,19H,4,6-7,10H2,1-3H3,(H,17,18). The zero-order valence-electron chi connectivity index (χ0n) is 12.3. The van der Waals surface area contributed by atoms with Gasteiger partial charge in [0.15, 0.2) is 0 Å². The van der Waals surface area contributed by atoms with E-state index in [1.54, 1.807) is 30.1 Å². The van der Waals surface area contributed by atoms with Gasteiger partial charge in [-0.15, -0.1) is 11.8 Å². The number of amides is 1. The lowest BCUT2D eigenvalue weighted by atomic mass is 9.80. The Morgan fingerprint density at radius 2 is 2.20 bits per heavy atom. The van der Waals surface area contributed by atoms with Crippen molar-refractivity contribution in [3.8, 4) is 0 Å². The number of hydrogen-bond acceptors (Lipinski definition) is 4. The van der Waals surface area contributed by atoms with Gasteiger partial charge >= 0.3 is 0 Å². The summed E-state index contributed by atoms with van der Waals surface area (Å²) in [6, 6.07) is 3.50. The number of thioether (sulfide) groups is 1. The molecule has 1 aliphatic rings. The number of aromatic nitrogens is 1. The van der Waals surface area contributed by atoms with Gasteiger partial charge in [0.2, 0.25) is 0 Å². The molecule has 0 unspecified atom stereocenters. The molecule has 2 rings (SSSR count). The van der Waals surface area contributed by atoms with Crippen molar-refractivity contribution in [3.63, 3.8) is 0 Å². The maximum atomic E-state index is 12.1. The smallest absolute Gasteiger partial charge is 0.251 e. The Balaban J connectivity index is 1.97. The molecule has 2 N–H and O–H groups in total. The van der Waals surface area contributed by atoms with Gasteiger partial charge in [-0.25, -0.2) is 4.98 Å². The summed E-state index contributed by atoms with van der Waals surface area (Å²) in [5, 5.41) is 13.6. The molecule has 1 aromatic heterocycles. The van der Waals surface area contributed by atoms with E-state index >= 15 is 0 Å². The van der Waals surface area contributed by atoms with Crippen LogP contribution in [-0.2, 0) is 0 Å². The second-order valence-corrected chi connectivity index (χ2v) is 8.20. The highest BCUT2D eigenvalue weighted by Crippen LogP contribution is 2.31. The Kier molecular flexibility index (Phi) is 4.39. The van der Waals surface area contributed by atoms with E-state index in [0.29, 0.717) is 12.1 Å². The fraction of sp³-hybridized carbons (Fsp3) is 0.600. The van der Waals surface area contributed by atoms with Gasteiger partial charge < -0.3 is 10.4 Å². The first-order valence-corrected chi connectivity index (χ1v) is 7.75. The van der Waals surface area contributed by atoms with Crippen LogP contribution in [0.2, 0.25) is 0 Å². The zero-order valence-corrected chi connectivity index (χ0v) is 13.1. The van der Waals surface area contributed by atoms with Crippen molar-refractivity contribution in [1.82, 2.24) is 10.3 Å². The Hall–Kier alpha value is -1.07. The average molecular weight is 294 g/mol. The number of nitrogens with one attached hydrogen (secondary N) is 1. The summed E-state index contributed by atoms with van der Waals surface area (Å²) < 4.78 is 0.0587. The maximum absolute atomic E-state index is 12.1. The summed E-state index contributed by atoms with van der Waals surface area (Å²) in [6.45, 7) is 6.66. The van der Waals surface area contributed by atoms with Crippen LogP contribution in [0.5, 0.6) is 0 Å². The molecule has 110 valence electrons. The number of carbonyl (C=O) groups excluding carboxylic acids is 1. The van der Waals surface area contributed by atoms with Crippen LogP contribution in [0.1, 0.15) is 50.4 Å². The van der Waals surface area contributed by atoms with E-state index in [9.17, 15) is 9.90 Å². The molecule has 5 heteroatoms. The molecule has 0 radical (unpaired) electrons. The predicted molar refractivity (Wildman–Crippen MR) is 81.0 cm³/mol. The van der Waals surface area contributed by atoms with Crippen LogP contribution < -0.4 is 5.32 Å². The second kappa shape index (κ2) is 5.74. The third-order valence-corrected chi connectivity index (χ3v) is 4.31. The lowest BCUT2D eigenvalue weighted by Gasteiger charge is -2.36. The largest absolute Gasteiger partial charge is 0.388 e. The molecule has 1 aliphatic carbocycles. The zero-order chi connectivity index (χ0) is 14.8. The quantitative estimate of drug-likeness (QED) is 0.838. The number of hydrogen-bond donors (Lipinski definition) is 2. The molecule has 20 heavy (non-hydrogen) atoms. The van der Waals surface area contributed by atoms with Gasteiger partial charge in [-0.05, 0) is 31.4 Å². The van der Waals surface area contributed by atoms with Gasteiger partial charge in [0.05, 0.1) is 10.6 Å². The van der Waals surface area contributed by atoms with Crippen LogP contribution in [0.3, 0.4) is 0 Å². The van der Waals surface area contributed by atoms with E-state index in [2.05, 4.69) is 31.1 Å². The molecule has 0 saturated heterocycles. The van der Waals surface area contributed by atoms with Gasteiger partial charge in [-0.2, -0.15) is 0 Å². The van der Waals surface area contributed by atoms with Crippen LogP contribution in [0.4, 0.5) is 0 Å². The van der Waals surface area contributed by atoms with Crippen LogP contribution in [-0.4, -0.2) is 32.9 Å². The van der Waals surface area contributed by atoms with Gasteiger partial charge in [-0.1, -0.05) is 20.8 Å². The number of pyridine rings is 1. The SMILES string of the molecule is CC(C)(C)Sc1cc(C(=O)NCC2(O)CCC2)ccn1. The average Bonchev–Trinajstić information content (AvgIpc) is 2.32. The number of nitrogens with zero attached hydrogens (tertiary/aromatic N) is 1. The topological polar surface area (TPSA) is 62.2 Å². The summed E-state index contributed by atoms with van der Waals surface area (Å²) in [6.07, 6.45) is 4.23. The van der Waals surface area contributed by atoms with Crippen LogP contribution >= 0.6 is 11.8 Å². The molecule has 0 bridgehead atoms. The summed E-state index contributed by atoms with van der Waals surface area (Å²) in [4.78, 5) is 16.4. The molecule has 4 nitrogen and oxygen atoms in total. The highest BCUT2D eigenvalue weighted by atomic mass is 32.2. The van der Waals surface area contributed by atoms with Crippen molar-refractivity contribution in [2.24, 2.45) is 0 Å². The van der Waals surface area contributed by atoms with Crippen LogP contribution in [0, 0.1) is 0 Å². The minimum Gasteiger partial charge on any atom is -0.388 e. The molecular formula is C15H22N2O2S. The number of carbonyl (C=O) groups is 1. The first-order chi connectivity index (χ1) is 9.27. The first-order valence-electron chi connectivity index (χ1n) is 6.93. The van der Waals surface area contributed by atoms with Gasteiger partial charge in [0.1, 0.15) is 0 Å². The summed E-state index contributed by atoms with van der Waals surface area (Å²) in [7, 11) is 0. The molecule has 0 aromatic carbocycles. The Morgan fingerprint density at radius 1 is 1.50 bits per heavy atom. The minimum absolute atomic E-state index is 0.0587. The van der Waals surface area contributed by atoms with E-state index in [1.165, 1.54) is 0 Å². The fourth-order valence-electron chi connectivity index (χ4n) is 2.03. The van der Waals surface area contributed by atoms with Crippen molar-refractivity contribution < 1.29 is 9.90 Å². The molecule has 0 aliphatic heterocycles. The second-order valence-electron chi connectivity index (χ2n) is 6.36. The number of rotatable bonds is 4. The van der Waals surface area contributed by atoms with Gasteiger partial charge in [-0.3, -0.25) is 4.79 Å². The van der Waals surface area contributed by atoms with E-state index < -0.39 is 5.60 Å². The molecular weight excluding hydrogens is 272 g/mol. The molecule has 1 aromatic rings. The van der Waals surface area contributed by atoms with Crippen molar-refractivity contribution in [1.29, 1.82) is 0 Å². The normalized spacial score (nSPS) is 17.4. The van der Waals surface area contributed by atoms with Gasteiger partial charge in [0.25, 0.3) is 5.91 Å². The summed E-state index contributed by atoms with van der Waals surface area (Å²) >= 11 is 1.63. The predicted octanol–water partition coefficient (Wildman–Crippen LogP) is 2.62. The Morgan fingerprint density at radius 3 is 2.75 bits per heavy atom. The minimum atomic E-state index is -0.689.